The molecule has 1 spiro atoms. The number of rotatable bonds is 6. The Morgan fingerprint density at radius 3 is 2.47 bits per heavy atom. The van der Waals surface area contributed by atoms with Gasteiger partial charge in [0.1, 0.15) is 18.2 Å². The van der Waals surface area contributed by atoms with E-state index in [0.717, 1.165) is 5.56 Å². The predicted molar refractivity (Wildman–Crippen MR) is 158 cm³/mol. The molecule has 2 N–H and O–H groups in total. The van der Waals surface area contributed by atoms with Crippen LogP contribution >= 0.6 is 0 Å². The van der Waals surface area contributed by atoms with Gasteiger partial charge < -0.3 is 29.7 Å². The Bertz CT molecular complexity index is 1280. The number of amides is 3. The number of esters is 1. The van der Waals surface area contributed by atoms with Crippen molar-refractivity contribution in [2.24, 2.45) is 17.8 Å². The van der Waals surface area contributed by atoms with E-state index in [1.165, 1.54) is 4.90 Å². The zero-order chi connectivity index (χ0) is 30.9. The van der Waals surface area contributed by atoms with E-state index in [1.54, 1.807) is 17.1 Å². The van der Waals surface area contributed by atoms with Gasteiger partial charge in [0.05, 0.1) is 36.6 Å². The molecule has 4 aliphatic heterocycles. The minimum atomic E-state index is -1.34. The van der Waals surface area contributed by atoms with E-state index in [-0.39, 0.29) is 50.0 Å². The van der Waals surface area contributed by atoms with Crippen LogP contribution in [0, 0.1) is 17.8 Å². The number of nitrogens with one attached hydrogen (secondary N) is 1. The highest BCUT2D eigenvalue weighted by Crippen LogP contribution is 2.56. The van der Waals surface area contributed by atoms with Gasteiger partial charge in [-0.2, -0.15) is 0 Å². The van der Waals surface area contributed by atoms with Crippen LogP contribution < -0.4 is 5.32 Å². The first-order chi connectivity index (χ1) is 20.6. The number of cyclic esters (lactones) is 1. The summed E-state index contributed by atoms with van der Waals surface area (Å²) in [7, 11) is 0. The molecular formula is C33H43N3O7. The van der Waals surface area contributed by atoms with Gasteiger partial charge in [-0.3, -0.25) is 19.2 Å². The van der Waals surface area contributed by atoms with Gasteiger partial charge in [-0.15, -0.1) is 0 Å². The van der Waals surface area contributed by atoms with Crippen LogP contribution in [0.1, 0.15) is 58.6 Å². The summed E-state index contributed by atoms with van der Waals surface area (Å²) in [5.74, 6) is -3.17. The molecule has 10 heteroatoms. The molecule has 10 nitrogen and oxygen atoms in total. The lowest BCUT2D eigenvalue weighted by atomic mass is 9.74. The summed E-state index contributed by atoms with van der Waals surface area (Å²) in [6, 6.07) is 6.73. The molecule has 2 fully saturated rings. The third-order valence-corrected chi connectivity index (χ3v) is 9.02. The van der Waals surface area contributed by atoms with Gasteiger partial charge in [-0.05, 0) is 38.2 Å². The monoisotopic (exact) mass is 593 g/mol. The molecule has 4 heterocycles. The smallest absolute Gasteiger partial charge is 0.306 e. The molecule has 5 bridgehead atoms. The van der Waals surface area contributed by atoms with Crippen LogP contribution in [-0.2, 0) is 28.7 Å². The van der Waals surface area contributed by atoms with Gasteiger partial charge in [0, 0.05) is 19.0 Å². The fourth-order valence-electron chi connectivity index (χ4n) is 7.04. The average molecular weight is 594 g/mol. The minimum absolute atomic E-state index is 0.0640. The average Bonchev–Trinajstić information content (AvgIpc) is 3.62. The van der Waals surface area contributed by atoms with Crippen LogP contribution in [0.4, 0.5) is 0 Å². The Morgan fingerprint density at radius 1 is 1.05 bits per heavy atom. The fourth-order valence-corrected chi connectivity index (χ4v) is 7.04. The summed E-state index contributed by atoms with van der Waals surface area (Å²) >= 11 is 0. The van der Waals surface area contributed by atoms with Crippen molar-refractivity contribution in [1.29, 1.82) is 0 Å². The highest BCUT2D eigenvalue weighted by molar-refractivity contribution is 6.00. The normalized spacial score (nSPS) is 32.8. The molecule has 2 saturated heterocycles. The highest BCUT2D eigenvalue weighted by Gasteiger charge is 2.73. The van der Waals surface area contributed by atoms with Crippen molar-refractivity contribution in [3.05, 3.63) is 60.2 Å². The number of ether oxygens (including phenoxy) is 2. The van der Waals surface area contributed by atoms with Crippen molar-refractivity contribution in [2.75, 3.05) is 19.8 Å². The maximum Gasteiger partial charge on any atom is 0.306 e. The number of nitrogens with zero attached hydrogens (tertiary/aromatic N) is 2. The molecule has 7 atom stereocenters. The quantitative estimate of drug-likeness (QED) is 0.384. The van der Waals surface area contributed by atoms with Crippen molar-refractivity contribution >= 4 is 23.7 Å². The van der Waals surface area contributed by atoms with Crippen molar-refractivity contribution in [3.8, 4) is 0 Å². The van der Waals surface area contributed by atoms with Crippen LogP contribution in [0.3, 0.4) is 0 Å². The van der Waals surface area contributed by atoms with Crippen molar-refractivity contribution < 1.29 is 33.8 Å². The zero-order valence-electron chi connectivity index (χ0n) is 25.3. The second-order valence-electron chi connectivity index (χ2n) is 12.7. The maximum atomic E-state index is 14.5. The van der Waals surface area contributed by atoms with E-state index < -0.39 is 53.5 Å². The van der Waals surface area contributed by atoms with Crippen LogP contribution in [0.2, 0.25) is 0 Å². The lowest BCUT2D eigenvalue weighted by Gasteiger charge is -2.40. The van der Waals surface area contributed by atoms with E-state index in [4.69, 9.17) is 9.47 Å². The molecule has 1 aromatic carbocycles. The molecule has 3 amide bonds. The second-order valence-corrected chi connectivity index (χ2v) is 12.7. The lowest BCUT2D eigenvalue weighted by molar-refractivity contribution is -0.152. The SMILES string of the molecule is CC(C)C[C@H](CO)N1C(=O)[C@@H]2[C@H]3C(=O)N[C@@H](c4ccccc4)COC(=O)CC/C=C\CN(C(C)C)C(=O)[C@@H]1[C@]21C=C[C@H]3O1. The van der Waals surface area contributed by atoms with Crippen LogP contribution in [0.15, 0.2) is 54.6 Å². The molecule has 1 aromatic rings. The summed E-state index contributed by atoms with van der Waals surface area (Å²) in [6.07, 6.45) is 7.64. The third-order valence-electron chi connectivity index (χ3n) is 9.02. The van der Waals surface area contributed by atoms with Gasteiger partial charge in [-0.1, -0.05) is 68.5 Å². The molecular weight excluding hydrogens is 550 g/mol. The molecule has 0 aromatic heterocycles. The minimum Gasteiger partial charge on any atom is -0.463 e. The summed E-state index contributed by atoms with van der Waals surface area (Å²) in [4.78, 5) is 58.8. The van der Waals surface area contributed by atoms with Gasteiger partial charge in [0.2, 0.25) is 17.7 Å². The first kappa shape index (κ1) is 30.9. The van der Waals surface area contributed by atoms with Crippen LogP contribution in [0.25, 0.3) is 0 Å². The Morgan fingerprint density at radius 2 is 1.79 bits per heavy atom. The molecule has 0 saturated carbocycles. The first-order valence-corrected chi connectivity index (χ1v) is 15.4. The third kappa shape index (κ3) is 5.74. The number of aliphatic hydroxyl groups is 1. The van der Waals surface area contributed by atoms with E-state index in [1.807, 2.05) is 70.2 Å². The largest absolute Gasteiger partial charge is 0.463 e. The van der Waals surface area contributed by atoms with Gasteiger partial charge in [-0.25, -0.2) is 0 Å². The van der Waals surface area contributed by atoms with Crippen LogP contribution in [-0.4, -0.2) is 88.2 Å². The van der Waals surface area contributed by atoms with Crippen molar-refractivity contribution in [3.63, 3.8) is 0 Å². The number of aliphatic hydroxyl groups excluding tert-OH is 1. The Balaban J connectivity index is 1.59. The zero-order valence-corrected chi connectivity index (χ0v) is 25.3. The van der Waals surface area contributed by atoms with E-state index in [2.05, 4.69) is 5.32 Å². The number of likely N-dealkylation sites (tertiary alicyclic amines) is 1. The summed E-state index contributed by atoms with van der Waals surface area (Å²) in [5, 5.41) is 13.5. The molecule has 232 valence electrons. The lowest BCUT2D eigenvalue weighted by Crippen LogP contribution is -2.59. The predicted octanol–water partition coefficient (Wildman–Crippen LogP) is 2.53. The summed E-state index contributed by atoms with van der Waals surface area (Å²) in [5.41, 5.74) is -0.585. The molecule has 5 rings (SSSR count). The summed E-state index contributed by atoms with van der Waals surface area (Å²) < 4.78 is 12.1. The number of carbonyl (C=O) groups excluding carboxylic acids is 4. The number of carbonyl (C=O) groups is 4. The number of hydrogen-bond acceptors (Lipinski definition) is 7. The standard InChI is InChI=1S/C33H43N3O7/c1-20(2)17-23(18-37)36-29-32(41)35(21(3)4)16-10-6-9-13-26(38)42-19-24(22-11-7-5-8-12-22)34-30(39)27-25-14-15-33(29,43-25)28(27)31(36)40/h5-8,10-12,14-15,20-21,23-25,27-29,37H,9,13,16-19H2,1-4H3,(H,34,39)/b10-6-/t23-,24-,25-,27+,28+,29-,33+/m1/s1. The Hall–Kier alpha value is -3.50. The van der Waals surface area contributed by atoms with Gasteiger partial charge in [0.25, 0.3) is 0 Å². The molecule has 0 unspecified atom stereocenters. The number of fused-ring (bicyclic) bond motifs is 2. The maximum absolute atomic E-state index is 14.5. The number of allylic oxidation sites excluding steroid dienone is 1. The molecule has 43 heavy (non-hydrogen) atoms. The molecule has 4 aliphatic rings. The van der Waals surface area contributed by atoms with Crippen molar-refractivity contribution in [2.45, 2.75) is 82.8 Å². The Kier molecular flexibility index (Phi) is 9.08. The first-order valence-electron chi connectivity index (χ1n) is 15.4. The number of hydrogen-bond donors (Lipinski definition) is 2. The summed E-state index contributed by atoms with van der Waals surface area (Å²) in [6.45, 7) is 7.71. The fraction of sp³-hybridized carbons (Fsp3) is 0.576. The Labute approximate surface area is 253 Å². The van der Waals surface area contributed by atoms with Gasteiger partial charge in [0.15, 0.2) is 0 Å². The van der Waals surface area contributed by atoms with E-state index in [0.29, 0.717) is 12.8 Å². The number of benzene rings is 1. The van der Waals surface area contributed by atoms with Crippen LogP contribution in [0.5, 0.6) is 0 Å². The molecule has 0 radical (unpaired) electrons. The highest BCUT2D eigenvalue weighted by atomic mass is 16.5. The second kappa shape index (κ2) is 12.6. The van der Waals surface area contributed by atoms with E-state index in [9.17, 15) is 24.3 Å². The van der Waals surface area contributed by atoms with E-state index >= 15 is 0 Å². The van der Waals surface area contributed by atoms with Crippen molar-refractivity contribution in [1.82, 2.24) is 15.1 Å². The topological polar surface area (TPSA) is 125 Å². The van der Waals surface area contributed by atoms with Gasteiger partial charge >= 0.3 is 5.97 Å². The molecule has 0 aliphatic carbocycles.